The van der Waals surface area contributed by atoms with Crippen molar-refractivity contribution in [1.82, 2.24) is 0 Å². The van der Waals surface area contributed by atoms with Crippen molar-refractivity contribution < 1.29 is 9.53 Å². The second kappa shape index (κ2) is 6.28. The predicted molar refractivity (Wildman–Crippen MR) is 69.8 cm³/mol. The molecule has 0 saturated heterocycles. The normalized spacial score (nSPS) is 10.7. The molecule has 0 fully saturated rings. The minimum Gasteiger partial charge on any atom is -0.461 e. The van der Waals surface area contributed by atoms with Crippen LogP contribution in [0.25, 0.3) is 0 Å². The lowest BCUT2D eigenvalue weighted by Gasteiger charge is -2.15. The molecular formula is C14H21NO2. The number of anilines is 1. The number of esters is 1. The van der Waals surface area contributed by atoms with Crippen LogP contribution < -0.4 is 5.32 Å². The zero-order chi connectivity index (χ0) is 12.8. The zero-order valence-corrected chi connectivity index (χ0v) is 11.0. The summed E-state index contributed by atoms with van der Waals surface area (Å²) in [5.41, 5.74) is 2.04. The highest BCUT2D eigenvalue weighted by atomic mass is 16.5. The molecule has 1 rings (SSSR count). The molecule has 0 bridgehead atoms. The summed E-state index contributed by atoms with van der Waals surface area (Å²) in [5, 5.41) is 3.34. The van der Waals surface area contributed by atoms with Crippen LogP contribution in [0.3, 0.4) is 0 Å². The van der Waals surface area contributed by atoms with Gasteiger partial charge in [-0.3, -0.25) is 4.79 Å². The van der Waals surface area contributed by atoms with Crippen LogP contribution in [0.2, 0.25) is 0 Å². The van der Waals surface area contributed by atoms with Crippen molar-refractivity contribution in [3.05, 3.63) is 29.8 Å². The largest absolute Gasteiger partial charge is 0.461 e. The zero-order valence-electron chi connectivity index (χ0n) is 11.0. The van der Waals surface area contributed by atoms with Crippen LogP contribution in [0.1, 0.15) is 33.3 Å². The minimum atomic E-state index is -0.163. The molecule has 0 heterocycles. The Bertz CT molecular complexity index is 372. The van der Waals surface area contributed by atoms with Gasteiger partial charge in [0.15, 0.2) is 0 Å². The topological polar surface area (TPSA) is 38.3 Å². The van der Waals surface area contributed by atoms with Crippen LogP contribution in [0.15, 0.2) is 24.3 Å². The quantitative estimate of drug-likeness (QED) is 0.796. The number of hydrogen-bond acceptors (Lipinski definition) is 3. The van der Waals surface area contributed by atoms with Gasteiger partial charge in [0, 0.05) is 17.3 Å². The molecule has 0 aliphatic rings. The van der Waals surface area contributed by atoms with Crippen molar-refractivity contribution in [2.75, 3.05) is 5.32 Å². The first-order chi connectivity index (χ1) is 8.00. The average molecular weight is 235 g/mol. The van der Waals surface area contributed by atoms with E-state index in [2.05, 4.69) is 19.2 Å². The molecule has 0 aromatic heterocycles. The first kappa shape index (κ1) is 13.6. The molecule has 94 valence electrons. The number of para-hydroxylation sites is 1. The summed E-state index contributed by atoms with van der Waals surface area (Å²) < 4.78 is 5.23. The number of benzene rings is 1. The van der Waals surface area contributed by atoms with E-state index in [1.54, 1.807) is 0 Å². The van der Waals surface area contributed by atoms with Gasteiger partial charge in [0.1, 0.15) is 6.61 Å². The molecule has 3 nitrogen and oxygen atoms in total. The van der Waals surface area contributed by atoms with Crippen molar-refractivity contribution in [2.24, 2.45) is 5.92 Å². The smallest absolute Gasteiger partial charge is 0.308 e. The molecule has 0 aliphatic heterocycles. The van der Waals surface area contributed by atoms with Gasteiger partial charge in [0.25, 0.3) is 0 Å². The van der Waals surface area contributed by atoms with Crippen LogP contribution in [0, 0.1) is 5.92 Å². The maximum absolute atomic E-state index is 11.4. The minimum absolute atomic E-state index is 0.0831. The lowest BCUT2D eigenvalue weighted by Crippen LogP contribution is -2.14. The summed E-state index contributed by atoms with van der Waals surface area (Å²) in [6.45, 7) is 8.15. The number of hydrogen-bond donors (Lipinski definition) is 1. The fraction of sp³-hybridized carbons (Fsp3) is 0.500. The molecule has 17 heavy (non-hydrogen) atoms. The third kappa shape index (κ3) is 4.47. The van der Waals surface area contributed by atoms with E-state index in [9.17, 15) is 4.79 Å². The number of carbonyl (C=O) groups is 1. The van der Waals surface area contributed by atoms with Gasteiger partial charge in [-0.15, -0.1) is 0 Å². The van der Waals surface area contributed by atoms with E-state index >= 15 is 0 Å². The maximum Gasteiger partial charge on any atom is 0.308 e. The molecule has 1 aromatic carbocycles. The van der Waals surface area contributed by atoms with Crippen molar-refractivity contribution in [3.8, 4) is 0 Å². The number of nitrogens with one attached hydrogen (secondary N) is 1. The highest BCUT2D eigenvalue weighted by Gasteiger charge is 2.10. The van der Waals surface area contributed by atoms with E-state index in [1.165, 1.54) is 0 Å². The molecule has 0 amide bonds. The average Bonchev–Trinajstić information content (AvgIpc) is 2.26. The summed E-state index contributed by atoms with van der Waals surface area (Å²) in [6, 6.07) is 8.25. The first-order valence-electron chi connectivity index (χ1n) is 6.01. The molecular weight excluding hydrogens is 214 g/mol. The predicted octanol–water partition coefficient (Wildman–Crippen LogP) is 3.21. The Balaban J connectivity index is 2.67. The summed E-state index contributed by atoms with van der Waals surface area (Å²) in [4.78, 5) is 11.4. The van der Waals surface area contributed by atoms with Gasteiger partial charge in [0.05, 0.1) is 5.92 Å². The third-order valence-electron chi connectivity index (χ3n) is 2.30. The van der Waals surface area contributed by atoms with Crippen molar-refractivity contribution in [1.29, 1.82) is 0 Å². The molecule has 0 aliphatic carbocycles. The number of ether oxygens (including phenoxy) is 1. The summed E-state index contributed by atoms with van der Waals surface area (Å²) in [7, 11) is 0. The van der Waals surface area contributed by atoms with E-state index in [0.29, 0.717) is 12.6 Å². The number of carbonyl (C=O) groups excluding carboxylic acids is 1. The van der Waals surface area contributed by atoms with Gasteiger partial charge >= 0.3 is 5.97 Å². The van der Waals surface area contributed by atoms with E-state index < -0.39 is 0 Å². The van der Waals surface area contributed by atoms with Crippen molar-refractivity contribution >= 4 is 11.7 Å². The Labute approximate surface area is 103 Å². The Morgan fingerprint density at radius 3 is 2.47 bits per heavy atom. The lowest BCUT2D eigenvalue weighted by atomic mass is 10.1. The second-order valence-corrected chi connectivity index (χ2v) is 4.72. The van der Waals surface area contributed by atoms with Crippen LogP contribution in [-0.2, 0) is 16.1 Å². The Morgan fingerprint density at radius 1 is 1.24 bits per heavy atom. The summed E-state index contributed by atoms with van der Waals surface area (Å²) in [5.74, 6) is -0.246. The standard InChI is InChI=1S/C14H21NO2/c1-10(2)14(16)17-9-12-7-5-6-8-13(12)15-11(3)4/h5-8,10-11,15H,9H2,1-4H3. The van der Waals surface area contributed by atoms with Gasteiger partial charge in [-0.05, 0) is 19.9 Å². The van der Waals surface area contributed by atoms with Crippen molar-refractivity contribution in [2.45, 2.75) is 40.3 Å². The molecule has 0 atom stereocenters. The molecule has 0 spiro atoms. The van der Waals surface area contributed by atoms with Gasteiger partial charge in [-0.1, -0.05) is 32.0 Å². The van der Waals surface area contributed by atoms with Crippen molar-refractivity contribution in [3.63, 3.8) is 0 Å². The summed E-state index contributed by atoms with van der Waals surface area (Å²) in [6.07, 6.45) is 0. The monoisotopic (exact) mass is 235 g/mol. The number of rotatable bonds is 5. The fourth-order valence-corrected chi connectivity index (χ4v) is 1.41. The van der Waals surface area contributed by atoms with E-state index in [0.717, 1.165) is 11.3 Å². The molecule has 1 aromatic rings. The van der Waals surface area contributed by atoms with Crippen LogP contribution >= 0.6 is 0 Å². The Morgan fingerprint density at radius 2 is 1.88 bits per heavy atom. The molecule has 0 saturated carbocycles. The highest BCUT2D eigenvalue weighted by Crippen LogP contribution is 2.17. The third-order valence-corrected chi connectivity index (χ3v) is 2.30. The van der Waals surface area contributed by atoms with E-state index in [1.807, 2.05) is 38.1 Å². The Kier molecular flexibility index (Phi) is 5.01. The van der Waals surface area contributed by atoms with Crippen LogP contribution in [0.4, 0.5) is 5.69 Å². The highest BCUT2D eigenvalue weighted by molar-refractivity contribution is 5.71. The second-order valence-electron chi connectivity index (χ2n) is 4.72. The van der Waals surface area contributed by atoms with Crippen LogP contribution in [0.5, 0.6) is 0 Å². The lowest BCUT2D eigenvalue weighted by molar-refractivity contribution is -0.148. The van der Waals surface area contributed by atoms with Crippen LogP contribution in [-0.4, -0.2) is 12.0 Å². The van der Waals surface area contributed by atoms with Gasteiger partial charge in [-0.25, -0.2) is 0 Å². The first-order valence-corrected chi connectivity index (χ1v) is 6.01. The van der Waals surface area contributed by atoms with E-state index in [-0.39, 0.29) is 11.9 Å². The maximum atomic E-state index is 11.4. The van der Waals surface area contributed by atoms with Gasteiger partial charge in [0.2, 0.25) is 0 Å². The summed E-state index contributed by atoms with van der Waals surface area (Å²) >= 11 is 0. The fourth-order valence-electron chi connectivity index (χ4n) is 1.41. The molecule has 3 heteroatoms. The SMILES string of the molecule is CC(C)Nc1ccccc1COC(=O)C(C)C. The van der Waals surface area contributed by atoms with Gasteiger partial charge in [-0.2, -0.15) is 0 Å². The molecule has 1 N–H and O–H groups in total. The van der Waals surface area contributed by atoms with E-state index in [4.69, 9.17) is 4.74 Å². The Hall–Kier alpha value is -1.51. The van der Waals surface area contributed by atoms with Gasteiger partial charge < -0.3 is 10.1 Å². The molecule has 0 radical (unpaired) electrons. The molecule has 0 unspecified atom stereocenters.